The van der Waals surface area contributed by atoms with Crippen molar-refractivity contribution in [3.8, 4) is 0 Å². The van der Waals surface area contributed by atoms with Gasteiger partial charge < -0.3 is 10.6 Å². The molecule has 0 bridgehead atoms. The van der Waals surface area contributed by atoms with Gasteiger partial charge in [-0.1, -0.05) is 15.9 Å². The zero-order chi connectivity index (χ0) is 11.0. The van der Waals surface area contributed by atoms with Gasteiger partial charge in [-0.3, -0.25) is 4.79 Å². The molecular formula is C10H10BrClN2O. The van der Waals surface area contributed by atoms with E-state index in [1.165, 1.54) is 0 Å². The summed E-state index contributed by atoms with van der Waals surface area (Å²) < 4.78 is 0.943. The van der Waals surface area contributed by atoms with E-state index in [2.05, 4.69) is 15.9 Å². The molecule has 1 amide bonds. The maximum atomic E-state index is 11.5. The van der Waals surface area contributed by atoms with E-state index in [-0.39, 0.29) is 11.8 Å². The van der Waals surface area contributed by atoms with Crippen LogP contribution in [0, 0.1) is 0 Å². The Morgan fingerprint density at radius 3 is 3.00 bits per heavy atom. The number of nitrogens with two attached hydrogens (primary N) is 1. The van der Waals surface area contributed by atoms with Crippen LogP contribution in [0.4, 0.5) is 11.4 Å². The minimum Gasteiger partial charge on any atom is -0.397 e. The predicted molar refractivity (Wildman–Crippen MR) is 65.3 cm³/mol. The second-order valence-electron chi connectivity index (χ2n) is 3.43. The molecule has 1 aromatic rings. The van der Waals surface area contributed by atoms with Gasteiger partial charge in [0.1, 0.15) is 5.88 Å². The fraction of sp³-hybridized carbons (Fsp3) is 0.300. The first-order chi connectivity index (χ1) is 7.13. The van der Waals surface area contributed by atoms with E-state index in [1.807, 2.05) is 6.07 Å². The topological polar surface area (TPSA) is 46.3 Å². The van der Waals surface area contributed by atoms with Crippen LogP contribution in [0.1, 0.15) is 5.56 Å². The van der Waals surface area contributed by atoms with E-state index < -0.39 is 0 Å². The maximum Gasteiger partial charge on any atom is 0.241 e. The van der Waals surface area contributed by atoms with E-state index in [1.54, 1.807) is 11.0 Å². The van der Waals surface area contributed by atoms with Crippen molar-refractivity contribution in [3.63, 3.8) is 0 Å². The van der Waals surface area contributed by atoms with Gasteiger partial charge in [-0.15, -0.1) is 11.6 Å². The summed E-state index contributed by atoms with van der Waals surface area (Å²) in [6.07, 6.45) is 0.835. The fourth-order valence-corrected chi connectivity index (χ4v) is 2.53. The second-order valence-corrected chi connectivity index (χ2v) is 4.61. The molecular weight excluding hydrogens is 279 g/mol. The number of carbonyl (C=O) groups excluding carboxylic acids is 1. The van der Waals surface area contributed by atoms with Crippen molar-refractivity contribution >= 4 is 44.8 Å². The SMILES string of the molecule is Nc1cc(Br)cc2c1N(C(=O)CCl)CC2. The Morgan fingerprint density at radius 2 is 2.33 bits per heavy atom. The quantitative estimate of drug-likeness (QED) is 0.636. The van der Waals surface area contributed by atoms with Crippen LogP contribution in [0.5, 0.6) is 0 Å². The van der Waals surface area contributed by atoms with Crippen LogP contribution in [-0.2, 0) is 11.2 Å². The van der Waals surface area contributed by atoms with Gasteiger partial charge >= 0.3 is 0 Å². The summed E-state index contributed by atoms with van der Waals surface area (Å²) in [6, 6.07) is 3.80. The van der Waals surface area contributed by atoms with E-state index in [0.717, 1.165) is 22.1 Å². The van der Waals surface area contributed by atoms with Crippen molar-refractivity contribution in [2.75, 3.05) is 23.1 Å². The Bertz CT molecular complexity index is 422. The van der Waals surface area contributed by atoms with Gasteiger partial charge in [0, 0.05) is 11.0 Å². The Hall–Kier alpha value is -0.740. The summed E-state index contributed by atoms with van der Waals surface area (Å²) >= 11 is 8.92. The van der Waals surface area contributed by atoms with Crippen LogP contribution >= 0.6 is 27.5 Å². The molecule has 0 spiro atoms. The molecule has 0 unspecified atom stereocenters. The molecule has 1 aliphatic heterocycles. The number of rotatable bonds is 1. The molecule has 1 aromatic carbocycles. The minimum atomic E-state index is -0.0931. The number of nitrogens with zero attached hydrogens (tertiary/aromatic N) is 1. The normalized spacial score (nSPS) is 14.1. The summed E-state index contributed by atoms with van der Waals surface area (Å²) in [4.78, 5) is 13.2. The van der Waals surface area contributed by atoms with Crippen molar-refractivity contribution in [2.24, 2.45) is 0 Å². The molecule has 0 fully saturated rings. The van der Waals surface area contributed by atoms with Crippen LogP contribution in [0.15, 0.2) is 16.6 Å². The molecule has 80 valence electrons. The third-order valence-electron chi connectivity index (χ3n) is 2.47. The summed E-state index contributed by atoms with van der Waals surface area (Å²) in [5.41, 5.74) is 8.43. The van der Waals surface area contributed by atoms with Crippen molar-refractivity contribution in [1.29, 1.82) is 0 Å². The van der Waals surface area contributed by atoms with E-state index >= 15 is 0 Å². The molecule has 0 saturated carbocycles. The van der Waals surface area contributed by atoms with Gasteiger partial charge in [0.15, 0.2) is 0 Å². The van der Waals surface area contributed by atoms with Crippen LogP contribution in [0.3, 0.4) is 0 Å². The van der Waals surface area contributed by atoms with Crippen molar-refractivity contribution in [3.05, 3.63) is 22.2 Å². The molecule has 5 heteroatoms. The Kier molecular flexibility index (Phi) is 2.89. The summed E-state index contributed by atoms with van der Waals surface area (Å²) in [5, 5.41) is 0. The molecule has 3 nitrogen and oxygen atoms in total. The van der Waals surface area contributed by atoms with Crippen LogP contribution < -0.4 is 10.6 Å². The summed E-state index contributed by atoms with van der Waals surface area (Å²) in [5.74, 6) is -0.0981. The van der Waals surface area contributed by atoms with Crippen LogP contribution in [0.2, 0.25) is 0 Å². The van der Waals surface area contributed by atoms with Crippen molar-refractivity contribution in [2.45, 2.75) is 6.42 Å². The van der Waals surface area contributed by atoms with Crippen molar-refractivity contribution in [1.82, 2.24) is 0 Å². The highest BCUT2D eigenvalue weighted by molar-refractivity contribution is 9.10. The number of alkyl halides is 1. The lowest BCUT2D eigenvalue weighted by Crippen LogP contribution is -2.30. The largest absolute Gasteiger partial charge is 0.397 e. The minimum absolute atomic E-state index is 0.00502. The highest BCUT2D eigenvalue weighted by atomic mass is 79.9. The van der Waals surface area contributed by atoms with Gasteiger partial charge in [-0.05, 0) is 24.1 Å². The van der Waals surface area contributed by atoms with Crippen LogP contribution in [0.25, 0.3) is 0 Å². The molecule has 1 heterocycles. The van der Waals surface area contributed by atoms with Gasteiger partial charge in [-0.2, -0.15) is 0 Å². The fourth-order valence-electron chi connectivity index (χ4n) is 1.86. The van der Waals surface area contributed by atoms with E-state index in [9.17, 15) is 4.79 Å². The predicted octanol–water partition coefficient (Wildman–Crippen LogP) is 2.16. The zero-order valence-electron chi connectivity index (χ0n) is 7.96. The highest BCUT2D eigenvalue weighted by Crippen LogP contribution is 2.36. The average Bonchev–Trinajstić information content (AvgIpc) is 2.60. The first-order valence-corrected chi connectivity index (χ1v) is 5.90. The Labute approximate surface area is 101 Å². The average molecular weight is 290 g/mol. The number of hydrogen-bond donors (Lipinski definition) is 1. The lowest BCUT2D eigenvalue weighted by molar-refractivity contribution is -0.116. The number of fused-ring (bicyclic) bond motifs is 1. The number of benzene rings is 1. The molecule has 0 aromatic heterocycles. The Balaban J connectivity index is 2.46. The molecule has 2 rings (SSSR count). The number of amides is 1. The lowest BCUT2D eigenvalue weighted by atomic mass is 10.1. The van der Waals surface area contributed by atoms with Gasteiger partial charge in [0.2, 0.25) is 5.91 Å². The number of hydrogen-bond acceptors (Lipinski definition) is 2. The molecule has 0 atom stereocenters. The third-order valence-corrected chi connectivity index (χ3v) is 3.16. The Morgan fingerprint density at radius 1 is 1.60 bits per heavy atom. The number of anilines is 2. The first-order valence-electron chi connectivity index (χ1n) is 4.57. The molecule has 1 aliphatic rings. The molecule has 15 heavy (non-hydrogen) atoms. The smallest absolute Gasteiger partial charge is 0.241 e. The van der Waals surface area contributed by atoms with E-state index in [0.29, 0.717) is 12.2 Å². The van der Waals surface area contributed by atoms with Gasteiger partial charge in [0.25, 0.3) is 0 Å². The van der Waals surface area contributed by atoms with Gasteiger partial charge in [-0.25, -0.2) is 0 Å². The summed E-state index contributed by atoms with van der Waals surface area (Å²) in [7, 11) is 0. The van der Waals surface area contributed by atoms with E-state index in [4.69, 9.17) is 17.3 Å². The number of halogens is 2. The third kappa shape index (κ3) is 1.84. The zero-order valence-corrected chi connectivity index (χ0v) is 10.3. The van der Waals surface area contributed by atoms with Crippen LogP contribution in [-0.4, -0.2) is 18.3 Å². The summed E-state index contributed by atoms with van der Waals surface area (Å²) in [6.45, 7) is 0.668. The highest BCUT2D eigenvalue weighted by Gasteiger charge is 2.26. The number of carbonyl (C=O) groups is 1. The molecule has 2 N–H and O–H groups in total. The first kappa shape index (κ1) is 10.8. The standard InChI is InChI=1S/C10H10BrClN2O/c11-7-3-6-1-2-14(9(15)5-12)10(6)8(13)4-7/h3-4H,1-2,5,13H2. The second kappa shape index (κ2) is 4.02. The van der Waals surface area contributed by atoms with Gasteiger partial charge in [0.05, 0.1) is 11.4 Å². The molecule has 0 saturated heterocycles. The number of nitrogen functional groups attached to an aromatic ring is 1. The maximum absolute atomic E-state index is 11.5. The van der Waals surface area contributed by atoms with Crippen molar-refractivity contribution < 1.29 is 4.79 Å². The molecule has 0 radical (unpaired) electrons. The lowest BCUT2D eigenvalue weighted by Gasteiger charge is -2.17. The monoisotopic (exact) mass is 288 g/mol. The molecule has 0 aliphatic carbocycles.